The highest BCUT2D eigenvalue weighted by Gasteiger charge is 2.16. The molecule has 0 atom stereocenters. The topological polar surface area (TPSA) is 78.1 Å². The van der Waals surface area contributed by atoms with Gasteiger partial charge in [0.2, 0.25) is 0 Å². The summed E-state index contributed by atoms with van der Waals surface area (Å²) in [7, 11) is 1.26. The summed E-state index contributed by atoms with van der Waals surface area (Å²) in [5.74, 6) is -0.711. The van der Waals surface area contributed by atoms with E-state index in [9.17, 15) is 9.90 Å². The van der Waals surface area contributed by atoms with Gasteiger partial charge >= 0.3 is 5.97 Å². The number of hydrogen-bond acceptors (Lipinski definition) is 3. The van der Waals surface area contributed by atoms with Crippen LogP contribution in [0.3, 0.4) is 0 Å². The number of esters is 1. The molecule has 0 aliphatic carbocycles. The summed E-state index contributed by atoms with van der Waals surface area (Å²) in [6.45, 7) is 0. The smallest absolute Gasteiger partial charge is 0.358 e. The monoisotopic (exact) mass is 206 g/mol. The third kappa shape index (κ3) is 1.59. The van der Waals surface area contributed by atoms with Crippen LogP contribution in [-0.4, -0.2) is 28.2 Å². The number of aromatic hydroxyl groups is 1. The van der Waals surface area contributed by atoms with Crippen molar-refractivity contribution < 1.29 is 14.6 Å². The fourth-order valence-electron chi connectivity index (χ4n) is 1.34. The lowest BCUT2D eigenvalue weighted by Gasteiger charge is -1.95. The summed E-state index contributed by atoms with van der Waals surface area (Å²) >= 11 is 0. The standard InChI is InChI=1S/C10H10N2O3/c1-15-10(14)9-8(13)5-7(12-9)6-3-2-4-11-6/h2-5,11-13H,1H3. The van der Waals surface area contributed by atoms with Crippen molar-refractivity contribution in [2.45, 2.75) is 0 Å². The van der Waals surface area contributed by atoms with Crippen molar-refractivity contribution in [3.63, 3.8) is 0 Å². The van der Waals surface area contributed by atoms with Gasteiger partial charge in [-0.05, 0) is 12.1 Å². The predicted molar refractivity (Wildman–Crippen MR) is 53.6 cm³/mol. The van der Waals surface area contributed by atoms with Crippen LogP contribution in [0.4, 0.5) is 0 Å². The molecule has 2 aromatic rings. The summed E-state index contributed by atoms with van der Waals surface area (Å²) in [5, 5.41) is 9.49. The van der Waals surface area contributed by atoms with Crippen LogP contribution >= 0.6 is 0 Å². The normalized spacial score (nSPS) is 10.2. The summed E-state index contributed by atoms with van der Waals surface area (Å²) in [6.07, 6.45) is 1.75. The maximum atomic E-state index is 11.2. The van der Waals surface area contributed by atoms with E-state index in [1.165, 1.54) is 13.2 Å². The molecule has 15 heavy (non-hydrogen) atoms. The van der Waals surface area contributed by atoms with Crippen LogP contribution in [-0.2, 0) is 4.74 Å². The number of ether oxygens (including phenoxy) is 1. The van der Waals surface area contributed by atoms with E-state index in [1.807, 2.05) is 12.1 Å². The number of hydrogen-bond donors (Lipinski definition) is 3. The molecule has 0 aliphatic heterocycles. The summed E-state index contributed by atoms with van der Waals surface area (Å²) in [5.41, 5.74) is 1.49. The number of carbonyl (C=O) groups is 1. The predicted octanol–water partition coefficient (Wildman–Crippen LogP) is 1.50. The zero-order chi connectivity index (χ0) is 10.8. The third-order valence-electron chi connectivity index (χ3n) is 2.07. The maximum Gasteiger partial charge on any atom is 0.358 e. The van der Waals surface area contributed by atoms with Gasteiger partial charge in [0, 0.05) is 12.3 Å². The summed E-state index contributed by atoms with van der Waals surface area (Å²) < 4.78 is 4.51. The maximum absolute atomic E-state index is 11.2. The molecule has 0 fully saturated rings. The second-order valence-corrected chi connectivity index (χ2v) is 3.02. The molecular formula is C10H10N2O3. The first-order valence-electron chi connectivity index (χ1n) is 4.36. The number of methoxy groups -OCH3 is 1. The van der Waals surface area contributed by atoms with Gasteiger partial charge in [-0.15, -0.1) is 0 Å². The Hall–Kier alpha value is -2.17. The molecule has 5 heteroatoms. The molecule has 0 unspecified atom stereocenters. The van der Waals surface area contributed by atoms with Crippen molar-refractivity contribution in [2.75, 3.05) is 7.11 Å². The Morgan fingerprint density at radius 2 is 2.27 bits per heavy atom. The van der Waals surface area contributed by atoms with Gasteiger partial charge in [-0.1, -0.05) is 0 Å². The summed E-state index contributed by atoms with van der Waals surface area (Å²) in [4.78, 5) is 16.9. The molecule has 3 N–H and O–H groups in total. The van der Waals surface area contributed by atoms with E-state index in [0.29, 0.717) is 5.69 Å². The van der Waals surface area contributed by atoms with Crippen molar-refractivity contribution in [1.82, 2.24) is 9.97 Å². The van der Waals surface area contributed by atoms with Crippen LogP contribution in [0.5, 0.6) is 5.75 Å². The van der Waals surface area contributed by atoms with E-state index in [2.05, 4.69) is 14.7 Å². The van der Waals surface area contributed by atoms with Crippen LogP contribution < -0.4 is 0 Å². The second-order valence-electron chi connectivity index (χ2n) is 3.02. The number of aromatic nitrogens is 2. The largest absolute Gasteiger partial charge is 0.505 e. The molecule has 78 valence electrons. The average Bonchev–Trinajstić information content (AvgIpc) is 2.84. The first-order chi connectivity index (χ1) is 7.22. The Labute approximate surface area is 85.7 Å². The van der Waals surface area contributed by atoms with Crippen molar-refractivity contribution in [2.24, 2.45) is 0 Å². The SMILES string of the molecule is COC(=O)c1[nH]c(-c2ccc[nH]2)cc1O. The van der Waals surface area contributed by atoms with E-state index < -0.39 is 5.97 Å². The quantitative estimate of drug-likeness (QED) is 0.651. The Balaban J connectivity index is 2.41. The molecule has 2 rings (SSSR count). The number of rotatable bonds is 2. The highest BCUT2D eigenvalue weighted by atomic mass is 16.5. The van der Waals surface area contributed by atoms with Gasteiger partial charge < -0.3 is 19.8 Å². The van der Waals surface area contributed by atoms with Crippen LogP contribution in [0.1, 0.15) is 10.5 Å². The Kier molecular flexibility index (Phi) is 2.21. The van der Waals surface area contributed by atoms with Gasteiger partial charge in [0.15, 0.2) is 5.69 Å². The second kappa shape index (κ2) is 3.53. The molecule has 2 aromatic heterocycles. The number of H-pyrrole nitrogens is 2. The lowest BCUT2D eigenvalue weighted by molar-refractivity contribution is 0.0591. The van der Waals surface area contributed by atoms with Crippen LogP contribution in [0.15, 0.2) is 24.4 Å². The fourth-order valence-corrected chi connectivity index (χ4v) is 1.34. The minimum absolute atomic E-state index is 0.0575. The molecule has 0 bridgehead atoms. The van der Waals surface area contributed by atoms with Gasteiger partial charge in [0.1, 0.15) is 5.75 Å². The Bertz CT molecular complexity index is 471. The van der Waals surface area contributed by atoms with Gasteiger partial charge in [-0.2, -0.15) is 0 Å². The highest BCUT2D eigenvalue weighted by molar-refractivity contribution is 5.91. The van der Waals surface area contributed by atoms with E-state index in [0.717, 1.165) is 5.69 Å². The van der Waals surface area contributed by atoms with E-state index in [1.54, 1.807) is 6.20 Å². The fraction of sp³-hybridized carbons (Fsp3) is 0.100. The Morgan fingerprint density at radius 3 is 2.87 bits per heavy atom. The van der Waals surface area contributed by atoms with Crippen LogP contribution in [0.25, 0.3) is 11.4 Å². The molecule has 0 radical (unpaired) electrons. The highest BCUT2D eigenvalue weighted by Crippen LogP contribution is 2.25. The first kappa shape index (κ1) is 9.39. The molecule has 0 saturated carbocycles. The van der Waals surface area contributed by atoms with Gasteiger partial charge in [-0.25, -0.2) is 4.79 Å². The lowest BCUT2D eigenvalue weighted by atomic mass is 10.3. The number of nitrogens with one attached hydrogen (secondary N) is 2. The molecule has 0 spiro atoms. The van der Waals surface area contributed by atoms with Gasteiger partial charge in [0.25, 0.3) is 0 Å². The molecule has 0 aromatic carbocycles. The number of aromatic amines is 2. The van der Waals surface area contributed by atoms with Crippen LogP contribution in [0.2, 0.25) is 0 Å². The summed E-state index contributed by atoms with van der Waals surface area (Å²) in [6, 6.07) is 5.12. The average molecular weight is 206 g/mol. The zero-order valence-corrected chi connectivity index (χ0v) is 8.07. The Morgan fingerprint density at radius 1 is 1.47 bits per heavy atom. The van der Waals surface area contributed by atoms with Crippen molar-refractivity contribution in [3.05, 3.63) is 30.1 Å². The minimum Gasteiger partial charge on any atom is -0.505 e. The molecule has 2 heterocycles. The van der Waals surface area contributed by atoms with Crippen molar-refractivity contribution >= 4 is 5.97 Å². The van der Waals surface area contributed by atoms with Crippen LogP contribution in [0, 0.1) is 0 Å². The molecule has 5 nitrogen and oxygen atoms in total. The number of carbonyl (C=O) groups excluding carboxylic acids is 1. The molecule has 0 aliphatic rings. The lowest BCUT2D eigenvalue weighted by Crippen LogP contribution is -2.01. The third-order valence-corrected chi connectivity index (χ3v) is 2.07. The van der Waals surface area contributed by atoms with Crippen molar-refractivity contribution in [3.8, 4) is 17.1 Å². The first-order valence-corrected chi connectivity index (χ1v) is 4.36. The van der Waals surface area contributed by atoms with Gasteiger partial charge in [0.05, 0.1) is 18.5 Å². The van der Waals surface area contributed by atoms with E-state index >= 15 is 0 Å². The van der Waals surface area contributed by atoms with Gasteiger partial charge in [-0.3, -0.25) is 0 Å². The molecule has 0 saturated heterocycles. The van der Waals surface area contributed by atoms with E-state index in [-0.39, 0.29) is 11.4 Å². The van der Waals surface area contributed by atoms with E-state index in [4.69, 9.17) is 0 Å². The van der Waals surface area contributed by atoms with Crippen molar-refractivity contribution in [1.29, 1.82) is 0 Å². The minimum atomic E-state index is -0.592. The molecule has 0 amide bonds. The zero-order valence-electron chi connectivity index (χ0n) is 8.07. The molecular weight excluding hydrogens is 196 g/mol.